The van der Waals surface area contributed by atoms with Crippen LogP contribution in [0.3, 0.4) is 0 Å². The molecule has 0 aliphatic heterocycles. The Hall–Kier alpha value is -1.03. The topological polar surface area (TPSA) is 46.9 Å². The fourth-order valence-corrected chi connectivity index (χ4v) is 2.88. The summed E-state index contributed by atoms with van der Waals surface area (Å²) in [4.78, 5) is 16.2. The quantitative estimate of drug-likeness (QED) is 0.853. The van der Waals surface area contributed by atoms with Crippen LogP contribution >= 0.6 is 11.6 Å². The second kappa shape index (κ2) is 4.92. The van der Waals surface area contributed by atoms with Crippen LogP contribution in [0, 0.1) is 0 Å². The molecule has 98 valence electrons. The molecule has 5 heteroatoms. The normalized spacial score (nSPS) is 22.1. The Morgan fingerprint density at radius 1 is 1.39 bits per heavy atom. The van der Waals surface area contributed by atoms with Crippen LogP contribution in [0.2, 0.25) is 0 Å². The van der Waals surface area contributed by atoms with Gasteiger partial charge in [0.05, 0.1) is 18.2 Å². The Labute approximate surface area is 112 Å². The van der Waals surface area contributed by atoms with E-state index in [4.69, 9.17) is 11.6 Å². The van der Waals surface area contributed by atoms with Gasteiger partial charge in [0.25, 0.3) is 0 Å². The van der Waals surface area contributed by atoms with Gasteiger partial charge in [0.2, 0.25) is 5.91 Å². The molecule has 2 fully saturated rings. The Kier molecular flexibility index (Phi) is 3.29. The zero-order valence-corrected chi connectivity index (χ0v) is 11.1. The first-order valence-corrected chi connectivity index (χ1v) is 7.15. The van der Waals surface area contributed by atoms with Crippen molar-refractivity contribution in [1.82, 2.24) is 14.9 Å². The summed E-state index contributed by atoms with van der Waals surface area (Å²) in [5.74, 6) is -0.0778. The third-order valence-electron chi connectivity index (χ3n) is 3.83. The van der Waals surface area contributed by atoms with E-state index in [-0.39, 0.29) is 5.91 Å². The molecule has 1 unspecified atom stereocenters. The number of amides is 1. The first kappa shape index (κ1) is 12.0. The summed E-state index contributed by atoms with van der Waals surface area (Å²) in [6.45, 7) is 0. The smallest absolute Gasteiger partial charge is 0.244 e. The summed E-state index contributed by atoms with van der Waals surface area (Å²) in [7, 11) is 0. The number of carbonyl (C=O) groups is 1. The maximum Gasteiger partial charge on any atom is 0.244 e. The number of hydrogen-bond acceptors (Lipinski definition) is 2. The second-order valence-electron chi connectivity index (χ2n) is 5.31. The average Bonchev–Trinajstić information content (AvgIpc) is 2.90. The number of aromatic nitrogens is 2. The Morgan fingerprint density at radius 3 is 2.78 bits per heavy atom. The highest BCUT2D eigenvalue weighted by Crippen LogP contribution is 2.38. The number of rotatable bonds is 4. The molecule has 2 aliphatic carbocycles. The molecule has 1 atom stereocenters. The molecular formula is C13H18ClN3O. The SMILES string of the molecule is O=C(NC1CCCC1)C(Cl)c1cncn1C1CC1. The van der Waals surface area contributed by atoms with Gasteiger partial charge in [0.15, 0.2) is 5.38 Å². The van der Waals surface area contributed by atoms with Gasteiger partial charge in [-0.3, -0.25) is 4.79 Å². The predicted octanol–water partition coefficient (Wildman–Crippen LogP) is 2.56. The van der Waals surface area contributed by atoms with Crippen molar-refractivity contribution >= 4 is 17.5 Å². The van der Waals surface area contributed by atoms with E-state index < -0.39 is 5.38 Å². The Morgan fingerprint density at radius 2 is 2.11 bits per heavy atom. The highest BCUT2D eigenvalue weighted by molar-refractivity contribution is 6.30. The minimum Gasteiger partial charge on any atom is -0.352 e. The van der Waals surface area contributed by atoms with Crippen molar-refractivity contribution in [2.45, 2.75) is 56.0 Å². The molecule has 1 heterocycles. The molecule has 4 nitrogen and oxygen atoms in total. The maximum absolute atomic E-state index is 12.1. The van der Waals surface area contributed by atoms with Crippen molar-refractivity contribution in [2.24, 2.45) is 0 Å². The number of imidazole rings is 1. The van der Waals surface area contributed by atoms with Crippen molar-refractivity contribution in [3.8, 4) is 0 Å². The van der Waals surface area contributed by atoms with Gasteiger partial charge < -0.3 is 9.88 Å². The Balaban J connectivity index is 1.66. The van der Waals surface area contributed by atoms with Gasteiger partial charge in [0, 0.05) is 12.1 Å². The third kappa shape index (κ3) is 2.39. The van der Waals surface area contributed by atoms with Crippen molar-refractivity contribution in [3.63, 3.8) is 0 Å². The number of alkyl halides is 1. The molecule has 0 spiro atoms. The molecular weight excluding hydrogens is 250 g/mol. The first-order valence-electron chi connectivity index (χ1n) is 6.72. The molecule has 3 rings (SSSR count). The van der Waals surface area contributed by atoms with Crippen LogP contribution in [0.1, 0.15) is 55.6 Å². The van der Waals surface area contributed by atoms with Gasteiger partial charge in [-0.25, -0.2) is 4.98 Å². The molecule has 1 aromatic rings. The van der Waals surface area contributed by atoms with Crippen molar-refractivity contribution in [2.75, 3.05) is 0 Å². The van der Waals surface area contributed by atoms with E-state index in [2.05, 4.69) is 10.3 Å². The summed E-state index contributed by atoms with van der Waals surface area (Å²) in [5.41, 5.74) is 0.828. The minimum atomic E-state index is -0.617. The van der Waals surface area contributed by atoms with Crippen molar-refractivity contribution < 1.29 is 4.79 Å². The molecule has 1 amide bonds. The second-order valence-corrected chi connectivity index (χ2v) is 5.75. The maximum atomic E-state index is 12.1. The summed E-state index contributed by atoms with van der Waals surface area (Å²) in [5, 5.41) is 2.42. The molecule has 2 aliphatic rings. The van der Waals surface area contributed by atoms with Crippen LogP contribution in [0.4, 0.5) is 0 Å². The molecule has 2 saturated carbocycles. The van der Waals surface area contributed by atoms with Crippen LogP contribution in [-0.2, 0) is 4.79 Å². The van der Waals surface area contributed by atoms with Crippen molar-refractivity contribution in [1.29, 1.82) is 0 Å². The fraction of sp³-hybridized carbons (Fsp3) is 0.692. The lowest BCUT2D eigenvalue weighted by Crippen LogP contribution is -2.35. The van der Waals surface area contributed by atoms with E-state index in [9.17, 15) is 4.79 Å². The van der Waals surface area contributed by atoms with E-state index in [0.717, 1.165) is 31.4 Å². The first-order chi connectivity index (χ1) is 8.75. The van der Waals surface area contributed by atoms with Gasteiger partial charge >= 0.3 is 0 Å². The summed E-state index contributed by atoms with van der Waals surface area (Å²) < 4.78 is 2.05. The molecule has 0 aromatic carbocycles. The van der Waals surface area contributed by atoms with E-state index >= 15 is 0 Å². The third-order valence-corrected chi connectivity index (χ3v) is 4.25. The number of nitrogens with zero attached hydrogens (tertiary/aromatic N) is 2. The minimum absolute atomic E-state index is 0.0778. The van der Waals surface area contributed by atoms with E-state index in [0.29, 0.717) is 12.1 Å². The lowest BCUT2D eigenvalue weighted by Gasteiger charge is -2.16. The summed E-state index contributed by atoms with van der Waals surface area (Å²) in [6.07, 6.45) is 10.4. The lowest BCUT2D eigenvalue weighted by molar-refractivity contribution is -0.121. The fourth-order valence-electron chi connectivity index (χ4n) is 2.65. The molecule has 0 bridgehead atoms. The van der Waals surface area contributed by atoms with Gasteiger partial charge in [-0.15, -0.1) is 11.6 Å². The number of hydrogen-bond donors (Lipinski definition) is 1. The molecule has 1 aromatic heterocycles. The zero-order chi connectivity index (χ0) is 12.5. The summed E-state index contributed by atoms with van der Waals surface area (Å²) in [6, 6.07) is 0.819. The number of halogens is 1. The Bertz CT molecular complexity index is 435. The van der Waals surface area contributed by atoms with Gasteiger partial charge in [-0.2, -0.15) is 0 Å². The largest absolute Gasteiger partial charge is 0.352 e. The zero-order valence-electron chi connectivity index (χ0n) is 10.3. The molecule has 0 radical (unpaired) electrons. The highest BCUT2D eigenvalue weighted by atomic mass is 35.5. The summed E-state index contributed by atoms with van der Waals surface area (Å²) >= 11 is 6.28. The number of nitrogens with one attached hydrogen (secondary N) is 1. The van der Waals surface area contributed by atoms with E-state index in [1.807, 2.05) is 4.57 Å². The van der Waals surface area contributed by atoms with Gasteiger partial charge in [0.1, 0.15) is 0 Å². The molecule has 0 saturated heterocycles. The van der Waals surface area contributed by atoms with Crippen LogP contribution < -0.4 is 5.32 Å². The van der Waals surface area contributed by atoms with Crippen molar-refractivity contribution in [3.05, 3.63) is 18.2 Å². The van der Waals surface area contributed by atoms with Crippen LogP contribution in [0.25, 0.3) is 0 Å². The van der Waals surface area contributed by atoms with Crippen LogP contribution in [0.15, 0.2) is 12.5 Å². The van der Waals surface area contributed by atoms with Crippen LogP contribution in [-0.4, -0.2) is 21.5 Å². The monoisotopic (exact) mass is 267 g/mol. The highest BCUT2D eigenvalue weighted by Gasteiger charge is 2.30. The predicted molar refractivity (Wildman–Crippen MR) is 69.5 cm³/mol. The van der Waals surface area contributed by atoms with Gasteiger partial charge in [-0.05, 0) is 25.7 Å². The molecule has 1 N–H and O–H groups in total. The molecule has 18 heavy (non-hydrogen) atoms. The standard InChI is InChI=1S/C13H18ClN3O/c14-12(13(18)16-9-3-1-2-4-9)11-7-15-8-17(11)10-5-6-10/h7-10,12H,1-6H2,(H,16,18). The van der Waals surface area contributed by atoms with Gasteiger partial charge in [-0.1, -0.05) is 12.8 Å². The average molecular weight is 268 g/mol. The van der Waals surface area contributed by atoms with Crippen LogP contribution in [0.5, 0.6) is 0 Å². The van der Waals surface area contributed by atoms with E-state index in [1.54, 1.807) is 12.5 Å². The van der Waals surface area contributed by atoms with E-state index in [1.165, 1.54) is 12.8 Å². The lowest BCUT2D eigenvalue weighted by atomic mass is 10.2. The number of carbonyl (C=O) groups excluding carboxylic acids is 1.